The summed E-state index contributed by atoms with van der Waals surface area (Å²) < 4.78 is 55.4. The number of hydrogen-bond donors (Lipinski definition) is 0. The molecule has 0 unspecified atom stereocenters. The van der Waals surface area contributed by atoms with E-state index >= 15 is 0 Å². The smallest absolute Gasteiger partial charge is 0.243 e. The Balaban J connectivity index is 1.52. The zero-order valence-electron chi connectivity index (χ0n) is 18.1. The maximum absolute atomic E-state index is 14.5. The third-order valence-corrected chi connectivity index (χ3v) is 7.29. The van der Waals surface area contributed by atoms with Crippen LogP contribution in [0.5, 0.6) is 11.5 Å². The molecule has 0 saturated heterocycles. The van der Waals surface area contributed by atoms with Crippen molar-refractivity contribution in [2.75, 3.05) is 6.79 Å². The van der Waals surface area contributed by atoms with Crippen molar-refractivity contribution < 1.29 is 22.3 Å². The van der Waals surface area contributed by atoms with E-state index in [9.17, 15) is 12.8 Å². The Hall–Kier alpha value is -3.83. The van der Waals surface area contributed by atoms with Gasteiger partial charge in [0, 0.05) is 18.7 Å². The molecule has 0 aliphatic carbocycles. The Morgan fingerprint density at radius 2 is 1.85 bits per heavy atom. The van der Waals surface area contributed by atoms with Gasteiger partial charge in [-0.1, -0.05) is 24.3 Å². The molecular formula is C23H20FN5O4S. The molecule has 1 aliphatic heterocycles. The van der Waals surface area contributed by atoms with Gasteiger partial charge in [-0.25, -0.2) is 17.5 Å². The molecule has 0 fully saturated rings. The van der Waals surface area contributed by atoms with Crippen LogP contribution in [-0.4, -0.2) is 39.7 Å². The Morgan fingerprint density at radius 3 is 2.62 bits per heavy atom. The highest BCUT2D eigenvalue weighted by Gasteiger charge is 2.27. The second-order valence-electron chi connectivity index (χ2n) is 7.75. The predicted octanol–water partition coefficient (Wildman–Crippen LogP) is 3.23. The van der Waals surface area contributed by atoms with Gasteiger partial charge < -0.3 is 9.47 Å². The van der Waals surface area contributed by atoms with Gasteiger partial charge in [0.25, 0.3) is 0 Å². The third kappa shape index (κ3) is 4.22. The van der Waals surface area contributed by atoms with Crippen LogP contribution in [0.25, 0.3) is 5.69 Å². The molecule has 0 saturated carbocycles. The van der Waals surface area contributed by atoms with Gasteiger partial charge >= 0.3 is 0 Å². The maximum Gasteiger partial charge on any atom is 0.243 e. The largest absolute Gasteiger partial charge is 0.454 e. The van der Waals surface area contributed by atoms with E-state index in [1.54, 1.807) is 55.5 Å². The average molecular weight is 482 g/mol. The van der Waals surface area contributed by atoms with Crippen LogP contribution in [0.3, 0.4) is 0 Å². The molecule has 0 amide bonds. The Kier molecular flexibility index (Phi) is 5.72. The van der Waals surface area contributed by atoms with Gasteiger partial charge in [0.1, 0.15) is 12.1 Å². The Morgan fingerprint density at radius 1 is 1.03 bits per heavy atom. The summed E-state index contributed by atoms with van der Waals surface area (Å²) in [5.74, 6) is 0.669. The molecule has 3 aromatic carbocycles. The van der Waals surface area contributed by atoms with Crippen LogP contribution in [0.1, 0.15) is 16.7 Å². The van der Waals surface area contributed by atoms with Crippen molar-refractivity contribution in [2.45, 2.75) is 24.9 Å². The number of ether oxygens (including phenoxy) is 2. The summed E-state index contributed by atoms with van der Waals surface area (Å²) >= 11 is 0. The second kappa shape index (κ2) is 8.84. The van der Waals surface area contributed by atoms with Crippen molar-refractivity contribution in [1.82, 2.24) is 24.5 Å². The minimum Gasteiger partial charge on any atom is -0.454 e. The number of benzene rings is 3. The van der Waals surface area contributed by atoms with Crippen LogP contribution in [-0.2, 0) is 23.1 Å². The quantitative estimate of drug-likeness (QED) is 0.400. The topological polar surface area (TPSA) is 99.4 Å². The van der Waals surface area contributed by atoms with Crippen LogP contribution in [0.2, 0.25) is 0 Å². The highest BCUT2D eigenvalue weighted by atomic mass is 32.2. The summed E-state index contributed by atoms with van der Waals surface area (Å²) in [6.45, 7) is 1.76. The predicted molar refractivity (Wildman–Crippen MR) is 119 cm³/mol. The number of fused-ring (bicyclic) bond motifs is 1. The molecule has 11 heteroatoms. The number of tetrazole rings is 1. The van der Waals surface area contributed by atoms with Crippen LogP contribution in [0.15, 0.2) is 71.9 Å². The fourth-order valence-electron chi connectivity index (χ4n) is 3.75. The lowest BCUT2D eigenvalue weighted by Gasteiger charge is -2.23. The fourth-order valence-corrected chi connectivity index (χ4v) is 5.24. The van der Waals surface area contributed by atoms with E-state index in [1.165, 1.54) is 27.4 Å². The minimum atomic E-state index is -4.00. The van der Waals surface area contributed by atoms with Gasteiger partial charge in [-0.15, -0.1) is 5.10 Å². The first kappa shape index (κ1) is 22.0. The molecule has 9 nitrogen and oxygen atoms in total. The van der Waals surface area contributed by atoms with E-state index in [-0.39, 0.29) is 30.3 Å². The van der Waals surface area contributed by atoms with E-state index < -0.39 is 15.8 Å². The normalized spacial score (nSPS) is 12.9. The third-order valence-electron chi connectivity index (χ3n) is 5.50. The van der Waals surface area contributed by atoms with E-state index in [2.05, 4.69) is 15.5 Å². The number of hydrogen-bond acceptors (Lipinski definition) is 7. The number of sulfonamides is 1. The van der Waals surface area contributed by atoms with Crippen LogP contribution >= 0.6 is 0 Å². The van der Waals surface area contributed by atoms with Crippen molar-refractivity contribution in [3.05, 3.63) is 89.5 Å². The summed E-state index contributed by atoms with van der Waals surface area (Å²) in [5.41, 5.74) is 2.28. The summed E-state index contributed by atoms with van der Waals surface area (Å²) in [7, 11) is -4.00. The van der Waals surface area contributed by atoms with Crippen molar-refractivity contribution >= 4 is 10.0 Å². The average Bonchev–Trinajstić information content (AvgIpc) is 3.52. The summed E-state index contributed by atoms with van der Waals surface area (Å²) in [5, 5.41) is 11.1. The van der Waals surface area contributed by atoms with Crippen LogP contribution in [0.4, 0.5) is 4.39 Å². The Bertz CT molecular complexity index is 1440. The number of aryl methyl sites for hydroxylation is 1. The van der Waals surface area contributed by atoms with E-state index in [0.717, 1.165) is 0 Å². The monoisotopic (exact) mass is 481 g/mol. The van der Waals surface area contributed by atoms with Crippen molar-refractivity contribution in [2.24, 2.45) is 0 Å². The molecular weight excluding hydrogens is 461 g/mol. The molecule has 1 aliphatic rings. The van der Waals surface area contributed by atoms with Gasteiger partial charge in [0.15, 0.2) is 11.5 Å². The van der Waals surface area contributed by atoms with Crippen molar-refractivity contribution in [3.8, 4) is 17.2 Å². The van der Waals surface area contributed by atoms with Crippen LogP contribution < -0.4 is 9.47 Å². The molecule has 0 N–H and O–H groups in total. The van der Waals surface area contributed by atoms with Crippen LogP contribution in [0, 0.1) is 12.7 Å². The zero-order chi connectivity index (χ0) is 23.7. The van der Waals surface area contributed by atoms with Gasteiger partial charge in [0.05, 0.1) is 10.6 Å². The first-order chi connectivity index (χ1) is 16.4. The second-order valence-corrected chi connectivity index (χ2v) is 9.69. The standard InChI is InChI=1S/C23H20FN5O4S/c1-16-10-19(7-8-21(16)29-14-25-26-27-29)34(30,31)28(13-18-4-2-3-5-20(18)24)12-17-6-9-22-23(11-17)33-15-32-22/h2-11,14H,12-13,15H2,1H3. The molecule has 34 heavy (non-hydrogen) atoms. The summed E-state index contributed by atoms with van der Waals surface area (Å²) in [4.78, 5) is 0.0823. The number of aromatic nitrogens is 4. The number of rotatable bonds is 7. The lowest BCUT2D eigenvalue weighted by Crippen LogP contribution is -2.30. The molecule has 0 bridgehead atoms. The lowest BCUT2D eigenvalue weighted by molar-refractivity contribution is 0.174. The van der Waals surface area contributed by atoms with Gasteiger partial charge in [-0.2, -0.15) is 4.31 Å². The molecule has 4 aromatic rings. The van der Waals surface area contributed by atoms with Gasteiger partial charge in [-0.05, 0) is 64.9 Å². The van der Waals surface area contributed by atoms with E-state index in [1.807, 2.05) is 0 Å². The highest BCUT2D eigenvalue weighted by Crippen LogP contribution is 2.34. The number of nitrogens with zero attached hydrogens (tertiary/aromatic N) is 5. The van der Waals surface area contributed by atoms with Crippen molar-refractivity contribution in [3.63, 3.8) is 0 Å². The van der Waals surface area contributed by atoms with Gasteiger partial charge in [0.2, 0.25) is 16.8 Å². The summed E-state index contributed by atoms with van der Waals surface area (Å²) in [6.07, 6.45) is 1.43. The number of halogens is 1. The molecule has 0 radical (unpaired) electrons. The molecule has 1 aromatic heterocycles. The highest BCUT2D eigenvalue weighted by molar-refractivity contribution is 7.89. The van der Waals surface area contributed by atoms with Crippen molar-refractivity contribution in [1.29, 1.82) is 0 Å². The SMILES string of the molecule is Cc1cc(S(=O)(=O)N(Cc2ccc3c(c2)OCO3)Cc2ccccc2F)ccc1-n1cnnn1. The van der Waals surface area contributed by atoms with Gasteiger partial charge in [-0.3, -0.25) is 0 Å². The molecule has 174 valence electrons. The fraction of sp³-hybridized carbons (Fsp3) is 0.174. The zero-order valence-corrected chi connectivity index (χ0v) is 18.9. The minimum absolute atomic E-state index is 0.0150. The Labute approximate surface area is 195 Å². The van der Waals surface area contributed by atoms with E-state index in [0.29, 0.717) is 28.3 Å². The molecule has 0 spiro atoms. The maximum atomic E-state index is 14.5. The molecule has 0 atom stereocenters. The first-order valence-corrected chi connectivity index (χ1v) is 11.8. The lowest BCUT2D eigenvalue weighted by atomic mass is 10.2. The first-order valence-electron chi connectivity index (χ1n) is 10.4. The molecule has 2 heterocycles. The summed E-state index contributed by atoms with van der Waals surface area (Å²) in [6, 6.07) is 16.0. The van der Waals surface area contributed by atoms with E-state index in [4.69, 9.17) is 9.47 Å². The molecule has 5 rings (SSSR count).